The average molecular weight is 328 g/mol. The molecule has 0 saturated heterocycles. The molecule has 3 aromatic rings. The molecule has 4 heteroatoms. The number of aromatic nitrogens is 2. The summed E-state index contributed by atoms with van der Waals surface area (Å²) in [5.74, 6) is 0. The highest BCUT2D eigenvalue weighted by Crippen LogP contribution is 2.23. The van der Waals surface area contributed by atoms with Gasteiger partial charge in [-0.25, -0.2) is 0 Å². The van der Waals surface area contributed by atoms with Gasteiger partial charge in [0.05, 0.1) is 5.52 Å². The second-order valence-corrected chi connectivity index (χ2v) is 5.61. The van der Waals surface area contributed by atoms with Crippen LogP contribution in [-0.4, -0.2) is 9.97 Å². The number of benzene rings is 1. The Morgan fingerprint density at radius 2 is 1.90 bits per heavy atom. The van der Waals surface area contributed by atoms with Crippen molar-refractivity contribution in [3.8, 4) is 0 Å². The SMILES string of the molecule is NC(Cc1ccc(Br)cn1)c1ccnc2ccccc12. The highest BCUT2D eigenvalue weighted by atomic mass is 79.9. The number of rotatable bonds is 3. The highest BCUT2D eigenvalue weighted by molar-refractivity contribution is 9.10. The maximum absolute atomic E-state index is 6.35. The Kier molecular flexibility index (Phi) is 3.76. The van der Waals surface area contributed by atoms with E-state index in [0.717, 1.165) is 26.6 Å². The molecule has 1 aromatic carbocycles. The predicted molar refractivity (Wildman–Crippen MR) is 84.3 cm³/mol. The number of halogens is 1. The largest absolute Gasteiger partial charge is 0.324 e. The zero-order valence-electron chi connectivity index (χ0n) is 10.8. The lowest BCUT2D eigenvalue weighted by Crippen LogP contribution is -2.14. The van der Waals surface area contributed by atoms with Gasteiger partial charge in [0.1, 0.15) is 0 Å². The van der Waals surface area contributed by atoms with Crippen LogP contribution in [0.2, 0.25) is 0 Å². The first-order chi connectivity index (χ1) is 9.74. The fraction of sp³-hybridized carbons (Fsp3) is 0.125. The average Bonchev–Trinajstić information content (AvgIpc) is 2.49. The number of nitrogens with two attached hydrogens (primary N) is 1. The Bertz CT molecular complexity index is 720. The standard InChI is InChI=1S/C16H14BrN3/c17-11-5-6-12(20-10-11)9-15(18)13-7-8-19-16-4-2-1-3-14(13)16/h1-8,10,15H,9,18H2. The molecule has 0 spiro atoms. The predicted octanol–water partition coefficient (Wildman–Crippen LogP) is 3.63. The summed E-state index contributed by atoms with van der Waals surface area (Å²) in [4.78, 5) is 8.75. The molecular formula is C16H14BrN3. The lowest BCUT2D eigenvalue weighted by atomic mass is 9.99. The molecule has 1 unspecified atom stereocenters. The van der Waals surface area contributed by atoms with Gasteiger partial charge in [0.15, 0.2) is 0 Å². The Morgan fingerprint density at radius 3 is 2.70 bits per heavy atom. The molecule has 2 N–H and O–H groups in total. The summed E-state index contributed by atoms with van der Waals surface area (Å²) in [7, 11) is 0. The maximum atomic E-state index is 6.35. The minimum Gasteiger partial charge on any atom is -0.324 e. The molecular weight excluding hydrogens is 314 g/mol. The quantitative estimate of drug-likeness (QED) is 0.799. The van der Waals surface area contributed by atoms with Crippen LogP contribution in [0, 0.1) is 0 Å². The molecule has 0 aliphatic rings. The summed E-state index contributed by atoms with van der Waals surface area (Å²) in [6, 6.07) is 13.9. The van der Waals surface area contributed by atoms with Crippen LogP contribution >= 0.6 is 15.9 Å². The van der Waals surface area contributed by atoms with Gasteiger partial charge in [-0.1, -0.05) is 18.2 Å². The number of hydrogen-bond donors (Lipinski definition) is 1. The van der Waals surface area contributed by atoms with Gasteiger partial charge in [-0.3, -0.25) is 9.97 Å². The van der Waals surface area contributed by atoms with E-state index in [9.17, 15) is 0 Å². The third-order valence-electron chi connectivity index (χ3n) is 3.30. The lowest BCUT2D eigenvalue weighted by molar-refractivity contribution is 0.711. The van der Waals surface area contributed by atoms with Gasteiger partial charge in [0.2, 0.25) is 0 Å². The van der Waals surface area contributed by atoms with E-state index in [4.69, 9.17) is 5.73 Å². The lowest BCUT2D eigenvalue weighted by Gasteiger charge is -2.14. The van der Waals surface area contributed by atoms with Crippen molar-refractivity contribution in [1.29, 1.82) is 0 Å². The minimum absolute atomic E-state index is 0.0865. The van der Waals surface area contributed by atoms with E-state index < -0.39 is 0 Å². The molecule has 2 heterocycles. The number of hydrogen-bond acceptors (Lipinski definition) is 3. The van der Waals surface area contributed by atoms with E-state index in [2.05, 4.69) is 32.0 Å². The summed E-state index contributed by atoms with van der Waals surface area (Å²) in [6.07, 6.45) is 4.32. The second kappa shape index (κ2) is 5.69. The summed E-state index contributed by atoms with van der Waals surface area (Å²) in [5, 5.41) is 1.11. The van der Waals surface area contributed by atoms with E-state index in [0.29, 0.717) is 6.42 Å². The molecule has 2 aromatic heterocycles. The molecule has 1 atom stereocenters. The van der Waals surface area contributed by atoms with Crippen molar-refractivity contribution in [2.75, 3.05) is 0 Å². The van der Waals surface area contributed by atoms with E-state index in [1.165, 1.54) is 0 Å². The first-order valence-electron chi connectivity index (χ1n) is 6.44. The Labute approximate surface area is 126 Å². The number of para-hydroxylation sites is 1. The molecule has 0 amide bonds. The van der Waals surface area contributed by atoms with Gasteiger partial charge in [0.25, 0.3) is 0 Å². The zero-order chi connectivity index (χ0) is 13.9. The van der Waals surface area contributed by atoms with E-state index in [-0.39, 0.29) is 6.04 Å². The zero-order valence-corrected chi connectivity index (χ0v) is 12.4. The van der Waals surface area contributed by atoms with E-state index in [1.807, 2.05) is 42.6 Å². The molecule has 20 heavy (non-hydrogen) atoms. The summed E-state index contributed by atoms with van der Waals surface area (Å²) in [6.45, 7) is 0. The molecule has 0 aliphatic heterocycles. The minimum atomic E-state index is -0.0865. The summed E-state index contributed by atoms with van der Waals surface area (Å²) < 4.78 is 0.976. The Hall–Kier alpha value is -1.78. The molecule has 0 aliphatic carbocycles. The first kappa shape index (κ1) is 13.2. The first-order valence-corrected chi connectivity index (χ1v) is 7.23. The highest BCUT2D eigenvalue weighted by Gasteiger charge is 2.11. The van der Waals surface area contributed by atoms with Crippen LogP contribution in [0.15, 0.2) is 59.3 Å². The van der Waals surface area contributed by atoms with Crippen LogP contribution in [0.3, 0.4) is 0 Å². The van der Waals surface area contributed by atoms with E-state index in [1.54, 1.807) is 6.20 Å². The third-order valence-corrected chi connectivity index (χ3v) is 3.77. The van der Waals surface area contributed by atoms with Crippen molar-refractivity contribution >= 4 is 26.8 Å². The van der Waals surface area contributed by atoms with Gasteiger partial charge in [0, 0.05) is 40.4 Å². The Balaban J connectivity index is 1.92. The van der Waals surface area contributed by atoms with Crippen molar-refractivity contribution in [1.82, 2.24) is 9.97 Å². The van der Waals surface area contributed by atoms with Crippen LogP contribution < -0.4 is 5.73 Å². The summed E-state index contributed by atoms with van der Waals surface area (Å²) in [5.41, 5.74) is 9.43. The molecule has 3 nitrogen and oxygen atoms in total. The van der Waals surface area contributed by atoms with E-state index >= 15 is 0 Å². The molecule has 0 bridgehead atoms. The fourth-order valence-electron chi connectivity index (χ4n) is 2.30. The number of pyridine rings is 2. The molecule has 0 saturated carbocycles. The van der Waals surface area contributed by atoms with Crippen molar-refractivity contribution in [3.63, 3.8) is 0 Å². The monoisotopic (exact) mass is 327 g/mol. The van der Waals surface area contributed by atoms with Crippen molar-refractivity contribution in [2.45, 2.75) is 12.5 Å². The fourth-order valence-corrected chi connectivity index (χ4v) is 2.54. The summed E-state index contributed by atoms with van der Waals surface area (Å²) >= 11 is 3.39. The smallest absolute Gasteiger partial charge is 0.0705 e. The maximum Gasteiger partial charge on any atom is 0.0705 e. The molecule has 3 rings (SSSR count). The van der Waals surface area contributed by atoms with Crippen LogP contribution in [0.25, 0.3) is 10.9 Å². The van der Waals surface area contributed by atoms with Crippen molar-refractivity contribution < 1.29 is 0 Å². The van der Waals surface area contributed by atoms with Gasteiger partial charge >= 0.3 is 0 Å². The van der Waals surface area contributed by atoms with Gasteiger partial charge < -0.3 is 5.73 Å². The normalized spacial score (nSPS) is 12.5. The Morgan fingerprint density at radius 1 is 1.05 bits per heavy atom. The van der Waals surface area contributed by atoms with Crippen LogP contribution in [-0.2, 0) is 6.42 Å². The number of nitrogens with zero attached hydrogens (tertiary/aromatic N) is 2. The van der Waals surface area contributed by atoms with Crippen molar-refractivity contribution in [3.05, 3.63) is 70.6 Å². The topological polar surface area (TPSA) is 51.8 Å². The van der Waals surface area contributed by atoms with Crippen LogP contribution in [0.1, 0.15) is 17.3 Å². The molecule has 0 radical (unpaired) electrons. The second-order valence-electron chi connectivity index (χ2n) is 4.70. The van der Waals surface area contributed by atoms with Gasteiger partial charge in [-0.15, -0.1) is 0 Å². The third kappa shape index (κ3) is 2.71. The van der Waals surface area contributed by atoms with Crippen molar-refractivity contribution in [2.24, 2.45) is 5.73 Å². The van der Waals surface area contributed by atoms with Gasteiger partial charge in [-0.05, 0) is 45.8 Å². The van der Waals surface area contributed by atoms with Crippen LogP contribution in [0.4, 0.5) is 0 Å². The number of fused-ring (bicyclic) bond motifs is 1. The molecule has 0 fully saturated rings. The van der Waals surface area contributed by atoms with Crippen LogP contribution in [0.5, 0.6) is 0 Å². The van der Waals surface area contributed by atoms with Gasteiger partial charge in [-0.2, -0.15) is 0 Å². The molecule has 100 valence electrons.